The van der Waals surface area contributed by atoms with Crippen LogP contribution < -0.4 is 11.3 Å². The van der Waals surface area contributed by atoms with Crippen molar-refractivity contribution in [3.8, 4) is 0 Å². The highest BCUT2D eigenvalue weighted by molar-refractivity contribution is 5.73. The topological polar surface area (TPSA) is 85.8 Å². The van der Waals surface area contributed by atoms with Crippen LogP contribution in [0.2, 0.25) is 0 Å². The van der Waals surface area contributed by atoms with Crippen molar-refractivity contribution in [3.05, 3.63) is 12.4 Å². The molecule has 6 heteroatoms. The average molecular weight is 127 g/mol. The molecule has 1 aromatic heterocycles. The van der Waals surface area contributed by atoms with E-state index in [2.05, 4.69) is 10.2 Å². The molecule has 0 saturated heterocycles. The van der Waals surface area contributed by atoms with Crippen LogP contribution in [0.15, 0.2) is 12.4 Å². The maximum absolute atomic E-state index is 10.5. The van der Waals surface area contributed by atoms with Gasteiger partial charge >= 0.3 is 6.03 Å². The Morgan fingerprint density at radius 1 is 1.56 bits per heavy atom. The normalized spacial score (nSPS) is 9.00. The van der Waals surface area contributed by atoms with Crippen LogP contribution in [0.5, 0.6) is 0 Å². The maximum atomic E-state index is 10.5. The fraction of sp³-hybridized carbons (Fsp3) is 0. The van der Waals surface area contributed by atoms with Crippen molar-refractivity contribution in [2.24, 2.45) is 5.84 Å². The molecule has 0 bridgehead atoms. The van der Waals surface area contributed by atoms with Crippen LogP contribution >= 0.6 is 0 Å². The van der Waals surface area contributed by atoms with Gasteiger partial charge in [0.2, 0.25) is 0 Å². The molecule has 3 N–H and O–H groups in total. The Hall–Kier alpha value is -1.43. The van der Waals surface area contributed by atoms with Crippen molar-refractivity contribution in [2.75, 3.05) is 0 Å². The molecule has 0 unspecified atom stereocenters. The summed E-state index contributed by atoms with van der Waals surface area (Å²) in [6.45, 7) is 0. The second kappa shape index (κ2) is 2.23. The molecular formula is C3H5N5O. The van der Waals surface area contributed by atoms with E-state index in [0.717, 1.165) is 4.80 Å². The summed E-state index contributed by atoms with van der Waals surface area (Å²) >= 11 is 0. The Kier molecular flexibility index (Phi) is 1.41. The van der Waals surface area contributed by atoms with Gasteiger partial charge in [0.25, 0.3) is 0 Å². The van der Waals surface area contributed by atoms with Crippen molar-refractivity contribution >= 4 is 6.03 Å². The summed E-state index contributed by atoms with van der Waals surface area (Å²) in [4.78, 5) is 11.3. The van der Waals surface area contributed by atoms with E-state index in [1.807, 2.05) is 5.43 Å². The van der Waals surface area contributed by atoms with Gasteiger partial charge in [-0.3, -0.25) is 5.43 Å². The van der Waals surface area contributed by atoms with Gasteiger partial charge in [-0.25, -0.2) is 10.6 Å². The largest absolute Gasteiger partial charge is 0.373 e. The SMILES string of the molecule is NNC(=O)n1nccn1. The molecule has 48 valence electrons. The number of nitrogens with one attached hydrogen (secondary N) is 1. The number of hydrogen-bond acceptors (Lipinski definition) is 4. The van der Waals surface area contributed by atoms with E-state index in [-0.39, 0.29) is 0 Å². The number of amides is 1. The van der Waals surface area contributed by atoms with Gasteiger partial charge in [-0.1, -0.05) is 4.80 Å². The van der Waals surface area contributed by atoms with E-state index in [4.69, 9.17) is 5.84 Å². The smallest absolute Gasteiger partial charge is 0.273 e. The number of hydrazine groups is 1. The third-order valence-electron chi connectivity index (χ3n) is 0.724. The minimum atomic E-state index is -0.556. The first kappa shape index (κ1) is 5.70. The quantitative estimate of drug-likeness (QED) is 0.258. The molecule has 1 rings (SSSR count). The summed E-state index contributed by atoms with van der Waals surface area (Å²) < 4.78 is 0. The zero-order chi connectivity index (χ0) is 6.69. The zero-order valence-corrected chi connectivity index (χ0v) is 4.48. The summed E-state index contributed by atoms with van der Waals surface area (Å²) in [5, 5.41) is 7.00. The summed E-state index contributed by atoms with van der Waals surface area (Å²) in [5.41, 5.74) is 1.87. The first-order valence-corrected chi connectivity index (χ1v) is 2.22. The first-order chi connectivity index (χ1) is 4.34. The number of hydrogen-bond donors (Lipinski definition) is 2. The molecule has 1 aromatic rings. The second-order valence-corrected chi connectivity index (χ2v) is 1.27. The number of aromatic nitrogens is 3. The third kappa shape index (κ3) is 1.03. The van der Waals surface area contributed by atoms with E-state index >= 15 is 0 Å². The Morgan fingerprint density at radius 3 is 2.56 bits per heavy atom. The number of nitrogens with zero attached hydrogens (tertiary/aromatic N) is 3. The van der Waals surface area contributed by atoms with Gasteiger partial charge in [-0.15, -0.1) is 0 Å². The van der Waals surface area contributed by atoms with Crippen LogP contribution in [-0.4, -0.2) is 21.0 Å². The van der Waals surface area contributed by atoms with Gasteiger partial charge in [-0.2, -0.15) is 10.2 Å². The molecule has 0 aliphatic carbocycles. The Morgan fingerprint density at radius 2 is 2.11 bits per heavy atom. The summed E-state index contributed by atoms with van der Waals surface area (Å²) in [6.07, 6.45) is 2.77. The number of nitrogen functional groups attached to an aromatic ring is 1. The van der Waals surface area contributed by atoms with Crippen molar-refractivity contribution in [1.29, 1.82) is 0 Å². The fourth-order valence-corrected chi connectivity index (χ4v) is 0.378. The van der Waals surface area contributed by atoms with Crippen LogP contribution in [0.25, 0.3) is 0 Å². The van der Waals surface area contributed by atoms with E-state index in [9.17, 15) is 4.79 Å². The monoisotopic (exact) mass is 127 g/mol. The van der Waals surface area contributed by atoms with Gasteiger partial charge in [0.1, 0.15) is 0 Å². The minimum absolute atomic E-state index is 0.556. The molecule has 6 nitrogen and oxygen atoms in total. The zero-order valence-electron chi connectivity index (χ0n) is 4.48. The highest BCUT2D eigenvalue weighted by Gasteiger charge is 1.99. The lowest BCUT2D eigenvalue weighted by Crippen LogP contribution is -2.35. The second-order valence-electron chi connectivity index (χ2n) is 1.27. The van der Waals surface area contributed by atoms with Gasteiger partial charge in [0, 0.05) is 0 Å². The van der Waals surface area contributed by atoms with Gasteiger partial charge < -0.3 is 0 Å². The predicted molar refractivity (Wildman–Crippen MR) is 28.1 cm³/mol. The minimum Gasteiger partial charge on any atom is -0.273 e. The van der Waals surface area contributed by atoms with Crippen LogP contribution in [0.1, 0.15) is 0 Å². The molecule has 0 spiro atoms. The summed E-state index contributed by atoms with van der Waals surface area (Å²) in [7, 11) is 0. The molecule has 0 fully saturated rings. The lowest BCUT2D eigenvalue weighted by atomic mass is 11.0. The van der Waals surface area contributed by atoms with Crippen LogP contribution in [0.4, 0.5) is 4.79 Å². The molecule has 1 heterocycles. The molecule has 0 saturated carbocycles. The van der Waals surface area contributed by atoms with Crippen molar-refractivity contribution in [3.63, 3.8) is 0 Å². The Bertz CT molecular complexity index is 192. The van der Waals surface area contributed by atoms with Gasteiger partial charge in [0.15, 0.2) is 0 Å². The van der Waals surface area contributed by atoms with Crippen molar-refractivity contribution < 1.29 is 4.79 Å². The predicted octanol–water partition coefficient (Wildman–Crippen LogP) is -1.29. The molecule has 0 radical (unpaired) electrons. The first-order valence-electron chi connectivity index (χ1n) is 2.22. The van der Waals surface area contributed by atoms with E-state index < -0.39 is 6.03 Å². The maximum Gasteiger partial charge on any atom is 0.373 e. The Balaban J connectivity index is 2.77. The van der Waals surface area contributed by atoms with E-state index in [1.54, 1.807) is 0 Å². The third-order valence-corrected chi connectivity index (χ3v) is 0.724. The van der Waals surface area contributed by atoms with Crippen LogP contribution in [-0.2, 0) is 0 Å². The standard InChI is InChI=1S/C3H5N5O/c4-7-3(9)8-5-1-2-6-8/h1-2H,4H2,(H,7,9). The number of rotatable bonds is 0. The average Bonchev–Trinajstić information content (AvgIpc) is 2.37. The van der Waals surface area contributed by atoms with Crippen molar-refractivity contribution in [1.82, 2.24) is 20.4 Å². The van der Waals surface area contributed by atoms with Crippen LogP contribution in [0.3, 0.4) is 0 Å². The molecule has 0 aromatic carbocycles. The van der Waals surface area contributed by atoms with E-state index in [0.29, 0.717) is 0 Å². The molecule has 0 aliphatic heterocycles. The lowest BCUT2D eigenvalue weighted by molar-refractivity contribution is 0.236. The van der Waals surface area contributed by atoms with Gasteiger partial charge in [0.05, 0.1) is 12.4 Å². The highest BCUT2D eigenvalue weighted by Crippen LogP contribution is 1.73. The van der Waals surface area contributed by atoms with E-state index in [1.165, 1.54) is 12.4 Å². The molecule has 9 heavy (non-hydrogen) atoms. The van der Waals surface area contributed by atoms with Crippen LogP contribution in [0, 0.1) is 0 Å². The summed E-state index contributed by atoms with van der Waals surface area (Å²) in [5.74, 6) is 4.76. The molecule has 0 atom stereocenters. The molecular weight excluding hydrogens is 122 g/mol. The van der Waals surface area contributed by atoms with Gasteiger partial charge in [-0.05, 0) is 0 Å². The number of nitrogens with two attached hydrogens (primary N) is 1. The highest BCUT2D eigenvalue weighted by atomic mass is 16.2. The Labute approximate surface area is 50.6 Å². The molecule has 1 amide bonds. The molecule has 0 aliphatic rings. The lowest BCUT2D eigenvalue weighted by Gasteiger charge is -1.92. The van der Waals surface area contributed by atoms with Crippen molar-refractivity contribution in [2.45, 2.75) is 0 Å². The number of carbonyl (C=O) groups is 1. The number of carbonyl (C=O) groups excluding carboxylic acids is 1. The summed E-state index contributed by atoms with van der Waals surface area (Å²) in [6, 6.07) is -0.556. The fourth-order valence-electron chi connectivity index (χ4n) is 0.378.